The van der Waals surface area contributed by atoms with Gasteiger partial charge in [0.15, 0.2) is 0 Å². The summed E-state index contributed by atoms with van der Waals surface area (Å²) in [6.45, 7) is 0. The molecule has 0 aromatic heterocycles. The van der Waals surface area contributed by atoms with Gasteiger partial charge in [0.05, 0.1) is 0 Å². The van der Waals surface area contributed by atoms with E-state index in [4.69, 9.17) is 0 Å². The summed E-state index contributed by atoms with van der Waals surface area (Å²) in [6, 6.07) is 0. The molecule has 2 radical (unpaired) electrons. The molecule has 0 aliphatic heterocycles. The van der Waals surface area contributed by atoms with Crippen molar-refractivity contribution in [2.75, 3.05) is 0 Å². The van der Waals surface area contributed by atoms with Gasteiger partial charge in [0, 0.05) is 33.6 Å². The van der Waals surface area contributed by atoms with Crippen molar-refractivity contribution in [3.8, 4) is 0 Å². The fraction of sp³-hybridized carbons (Fsp3) is 0. The molecule has 0 N–H and O–H groups in total. The summed E-state index contributed by atoms with van der Waals surface area (Å²) in [6.07, 6.45) is 0. The Hall–Kier alpha value is 6.25. The van der Waals surface area contributed by atoms with Gasteiger partial charge in [-0.05, 0) is 0 Å². The molecule has 0 aliphatic rings. The van der Waals surface area contributed by atoms with Gasteiger partial charge < -0.3 is 8.33 Å². The number of hydrogen-bond acceptors (Lipinski definition) is 0. The largest absolute Gasteiger partial charge is 2.00 e. The Bertz CT molecular complexity index is 20.5. The average molecular weight is 260 g/mol. The van der Waals surface area contributed by atoms with Gasteiger partial charge in [-0.25, -0.2) is 0 Å². The normalized spacial score (nSPS) is 0. The van der Waals surface area contributed by atoms with E-state index in [9.17, 15) is 0 Å². The van der Waals surface area contributed by atoms with Crippen molar-refractivity contribution in [1.29, 1.82) is 0 Å². The van der Waals surface area contributed by atoms with Crippen molar-refractivity contribution in [3.63, 3.8) is 0 Å². The second-order valence-electron chi connectivity index (χ2n) is 0. The zero-order valence-electron chi connectivity index (χ0n) is 7.07. The fourth-order valence-electron chi connectivity index (χ4n) is 0. The summed E-state index contributed by atoms with van der Waals surface area (Å²) in [5, 5.41) is 0. The molecule has 0 saturated heterocycles. The van der Waals surface area contributed by atoms with Crippen LogP contribution in [-0.4, -0.2) is 0 Å². The molecule has 7 heteroatoms. The van der Waals surface area contributed by atoms with E-state index < -0.39 is 0 Å². The van der Waals surface area contributed by atoms with Crippen molar-refractivity contribution in [1.82, 2.24) is 0 Å². The predicted octanol–water partition coefficient (Wildman–Crippen LogP) is -11.9. The van der Waals surface area contributed by atoms with Crippen LogP contribution in [0.4, 0.5) is 0 Å². The van der Waals surface area contributed by atoms with E-state index in [1.165, 1.54) is 0 Å². The Labute approximate surface area is 197 Å². The van der Waals surface area contributed by atoms with Crippen LogP contribution in [0.15, 0.2) is 0 Å². The smallest absolute Gasteiger partial charge is 1.00 e. The van der Waals surface area contributed by atoms with E-state index in [-0.39, 0.29) is 204 Å². The van der Waals surface area contributed by atoms with Crippen molar-refractivity contribution in [2.45, 2.75) is 0 Å². The van der Waals surface area contributed by atoms with Crippen LogP contribution in [0.1, 0.15) is 2.85 Å². The Balaban J connectivity index is 0. The van der Waals surface area contributed by atoms with E-state index in [0.29, 0.717) is 0 Å². The Morgan fingerprint density at radius 2 is 0.714 bits per heavy atom. The quantitative estimate of drug-likeness (QED) is 0.387. The molecule has 0 heterocycles. The average Bonchev–Trinajstić information content (AvgIpc) is 0. The van der Waals surface area contributed by atoms with Crippen molar-refractivity contribution < 1.29 is 204 Å². The van der Waals surface area contributed by atoms with Gasteiger partial charge in [-0.3, -0.25) is 0 Å². The SMILES string of the molecule is [Co].[Co].[H-].[H-].[K+].[K+].[Na+].[Na+].[O-2]. The van der Waals surface area contributed by atoms with Gasteiger partial charge in [0.25, 0.3) is 0 Å². The van der Waals surface area contributed by atoms with E-state index in [0.717, 1.165) is 0 Å². The summed E-state index contributed by atoms with van der Waals surface area (Å²) < 4.78 is 0. The molecular formula is H2Co2K2Na2O. The summed E-state index contributed by atoms with van der Waals surface area (Å²) in [5.74, 6) is 0. The van der Waals surface area contributed by atoms with Crippen molar-refractivity contribution >= 4 is 0 Å². The first-order valence-corrected chi connectivity index (χ1v) is 0. The van der Waals surface area contributed by atoms with Crippen molar-refractivity contribution in [2.24, 2.45) is 0 Å². The van der Waals surface area contributed by atoms with Gasteiger partial charge in [0.2, 0.25) is 0 Å². The van der Waals surface area contributed by atoms with E-state index >= 15 is 0 Å². The molecule has 0 aromatic rings. The minimum atomic E-state index is 0. The first-order chi connectivity index (χ1) is 0. The number of rotatable bonds is 0. The summed E-state index contributed by atoms with van der Waals surface area (Å²) >= 11 is 0. The standard InChI is InChI=1S/2Co.2K.2Na.O.2H/q;;4*+1;-2;2*-1. The summed E-state index contributed by atoms with van der Waals surface area (Å²) in [5.41, 5.74) is 0. The van der Waals surface area contributed by atoms with Crippen LogP contribution in [0.3, 0.4) is 0 Å². The summed E-state index contributed by atoms with van der Waals surface area (Å²) in [4.78, 5) is 0. The van der Waals surface area contributed by atoms with E-state index in [1.54, 1.807) is 0 Å². The minimum absolute atomic E-state index is 0. The maximum atomic E-state index is 0. The molecule has 0 unspecified atom stereocenters. The third-order valence-electron chi connectivity index (χ3n) is 0. The minimum Gasteiger partial charge on any atom is -2.00 e. The van der Waals surface area contributed by atoms with Crippen LogP contribution >= 0.6 is 0 Å². The van der Waals surface area contributed by atoms with Crippen LogP contribution in [0.2, 0.25) is 0 Å². The molecule has 7 heavy (non-hydrogen) atoms. The molecule has 0 bridgehead atoms. The second kappa shape index (κ2) is 39.7. The van der Waals surface area contributed by atoms with Gasteiger partial charge in [-0.15, -0.1) is 0 Å². The van der Waals surface area contributed by atoms with E-state index in [2.05, 4.69) is 0 Å². The monoisotopic (exact) mass is 260 g/mol. The molecule has 0 amide bonds. The zero-order valence-corrected chi connectivity index (χ0v) is 17.4. The third kappa shape index (κ3) is 33.0. The second-order valence-corrected chi connectivity index (χ2v) is 0. The van der Waals surface area contributed by atoms with Crippen LogP contribution in [0.25, 0.3) is 0 Å². The molecule has 0 atom stereocenters. The summed E-state index contributed by atoms with van der Waals surface area (Å²) in [7, 11) is 0. The Morgan fingerprint density at radius 3 is 0.714 bits per heavy atom. The molecule has 0 aromatic carbocycles. The van der Waals surface area contributed by atoms with Crippen molar-refractivity contribution in [3.05, 3.63) is 0 Å². The van der Waals surface area contributed by atoms with E-state index in [1.807, 2.05) is 0 Å². The zero-order chi connectivity index (χ0) is 0. The first-order valence-electron chi connectivity index (χ1n) is 0. The van der Waals surface area contributed by atoms with Crippen LogP contribution in [0, 0.1) is 0 Å². The van der Waals surface area contributed by atoms with Gasteiger partial charge >= 0.3 is 162 Å². The maximum Gasteiger partial charge on any atom is 1.00 e. The van der Waals surface area contributed by atoms with Crippen LogP contribution in [0.5, 0.6) is 0 Å². The molecule has 0 spiro atoms. The number of hydrogen-bond donors (Lipinski definition) is 0. The fourth-order valence-corrected chi connectivity index (χ4v) is 0. The van der Waals surface area contributed by atoms with Crippen LogP contribution < -0.4 is 162 Å². The molecule has 0 aliphatic carbocycles. The first kappa shape index (κ1) is 50.9. The van der Waals surface area contributed by atoms with Crippen LogP contribution in [-0.2, 0) is 39.0 Å². The molecule has 0 fully saturated rings. The predicted molar refractivity (Wildman–Crippen MR) is 2.91 cm³/mol. The molecular weight excluding hydrogens is 258 g/mol. The molecule has 30 valence electrons. The molecule has 0 rings (SSSR count). The maximum absolute atomic E-state index is 0. The molecule has 0 saturated carbocycles. The Kier molecular flexibility index (Phi) is 289. The van der Waals surface area contributed by atoms with Gasteiger partial charge in [-0.2, -0.15) is 0 Å². The third-order valence-corrected chi connectivity index (χ3v) is 0. The van der Waals surface area contributed by atoms with Gasteiger partial charge in [-0.1, -0.05) is 0 Å². The Morgan fingerprint density at radius 1 is 0.714 bits per heavy atom. The van der Waals surface area contributed by atoms with Gasteiger partial charge in [0.1, 0.15) is 0 Å². The topological polar surface area (TPSA) is 28.5 Å². The molecule has 1 nitrogen and oxygen atoms in total.